The summed E-state index contributed by atoms with van der Waals surface area (Å²) in [7, 11) is -2.30. The van der Waals surface area contributed by atoms with E-state index in [9.17, 15) is 13.2 Å². The lowest BCUT2D eigenvalue weighted by Gasteiger charge is -2.24. The van der Waals surface area contributed by atoms with Gasteiger partial charge in [-0.25, -0.2) is 8.42 Å². The topological polar surface area (TPSA) is 78.5 Å². The van der Waals surface area contributed by atoms with E-state index in [0.717, 1.165) is 21.1 Å². The molecule has 1 atom stereocenters. The Morgan fingerprint density at radius 2 is 1.69 bits per heavy atom. The molecule has 0 aliphatic rings. The Kier molecular flexibility index (Phi) is 7.81. The number of hydrogen-bond donors (Lipinski definition) is 2. The zero-order valence-electron chi connectivity index (χ0n) is 17.8. The fraction of sp³-hybridized carbons (Fsp3) is 0.409. The lowest BCUT2D eigenvalue weighted by atomic mass is 10.0. The van der Waals surface area contributed by atoms with Crippen LogP contribution in [0.4, 0.5) is 5.69 Å². The van der Waals surface area contributed by atoms with Gasteiger partial charge in [0.25, 0.3) is 0 Å². The van der Waals surface area contributed by atoms with Crippen molar-refractivity contribution in [3.05, 3.63) is 59.7 Å². The molecule has 158 valence electrons. The van der Waals surface area contributed by atoms with Crippen LogP contribution in [-0.4, -0.2) is 44.8 Å². The van der Waals surface area contributed by atoms with Crippen molar-refractivity contribution in [3.8, 4) is 0 Å². The number of benzene rings is 2. The molecule has 0 aromatic heterocycles. The Morgan fingerprint density at radius 1 is 1.03 bits per heavy atom. The first-order chi connectivity index (χ1) is 13.6. The van der Waals surface area contributed by atoms with Gasteiger partial charge >= 0.3 is 0 Å². The maximum atomic E-state index is 12.8. The van der Waals surface area contributed by atoms with Crippen molar-refractivity contribution in [2.75, 3.05) is 25.5 Å². The zero-order chi connectivity index (χ0) is 21.6. The van der Waals surface area contributed by atoms with Crippen LogP contribution in [0, 0.1) is 19.8 Å². The number of sulfonamides is 1. The van der Waals surface area contributed by atoms with Gasteiger partial charge in [-0.15, -0.1) is 0 Å². The summed E-state index contributed by atoms with van der Waals surface area (Å²) in [6.45, 7) is 8.12. The molecule has 1 unspecified atom stereocenters. The summed E-state index contributed by atoms with van der Waals surface area (Å²) in [5.74, 6) is -0.0482. The summed E-state index contributed by atoms with van der Waals surface area (Å²) in [5, 5.41) is 6.26. The van der Waals surface area contributed by atoms with E-state index in [-0.39, 0.29) is 29.3 Å². The first-order valence-electron chi connectivity index (χ1n) is 9.73. The van der Waals surface area contributed by atoms with Crippen molar-refractivity contribution in [1.82, 2.24) is 9.62 Å². The molecule has 1 amide bonds. The van der Waals surface area contributed by atoms with Crippen molar-refractivity contribution in [2.24, 2.45) is 5.92 Å². The average Bonchev–Trinajstić information content (AvgIpc) is 2.67. The first kappa shape index (κ1) is 22.9. The van der Waals surface area contributed by atoms with Crippen LogP contribution in [0.2, 0.25) is 0 Å². The highest BCUT2D eigenvalue weighted by atomic mass is 32.2. The second-order valence-electron chi connectivity index (χ2n) is 7.67. The van der Waals surface area contributed by atoms with Crippen LogP contribution in [0.1, 0.15) is 25.0 Å². The Bertz CT molecular complexity index is 928. The fourth-order valence-electron chi connectivity index (χ4n) is 2.82. The molecule has 0 bridgehead atoms. The lowest BCUT2D eigenvalue weighted by Crippen LogP contribution is -2.44. The van der Waals surface area contributed by atoms with Gasteiger partial charge in [0.1, 0.15) is 0 Å². The van der Waals surface area contributed by atoms with Crippen LogP contribution >= 0.6 is 0 Å². The average molecular weight is 418 g/mol. The highest BCUT2D eigenvalue weighted by Gasteiger charge is 2.24. The number of para-hydroxylation sites is 1. The summed E-state index contributed by atoms with van der Waals surface area (Å²) in [5.41, 5.74) is 2.90. The van der Waals surface area contributed by atoms with E-state index in [2.05, 4.69) is 24.5 Å². The predicted octanol–water partition coefficient (Wildman–Crippen LogP) is 3.18. The molecule has 2 aromatic carbocycles. The molecule has 29 heavy (non-hydrogen) atoms. The summed E-state index contributed by atoms with van der Waals surface area (Å²) in [6, 6.07) is 14.8. The standard InChI is InChI=1S/C22H31N3O3S/c1-16(2)21(24-19-9-7-6-8-10-19)14-23-22(26)15-25(5)29(27,28)20-12-11-17(3)18(4)13-20/h6-13,16,21,24H,14-15H2,1-5H3,(H,23,26). The van der Waals surface area contributed by atoms with E-state index in [1.165, 1.54) is 7.05 Å². The second-order valence-corrected chi connectivity index (χ2v) is 9.72. The quantitative estimate of drug-likeness (QED) is 0.657. The third kappa shape index (κ3) is 6.30. The molecule has 0 spiro atoms. The minimum Gasteiger partial charge on any atom is -0.380 e. The Labute approximate surface area is 174 Å². The Hall–Kier alpha value is -2.38. The number of aryl methyl sites for hydroxylation is 2. The number of nitrogens with zero attached hydrogens (tertiary/aromatic N) is 1. The van der Waals surface area contributed by atoms with E-state index in [4.69, 9.17) is 0 Å². The molecule has 6 nitrogen and oxygen atoms in total. The SMILES string of the molecule is Cc1ccc(S(=O)(=O)N(C)CC(=O)NCC(Nc2ccccc2)C(C)C)cc1C. The smallest absolute Gasteiger partial charge is 0.243 e. The summed E-state index contributed by atoms with van der Waals surface area (Å²) < 4.78 is 26.6. The van der Waals surface area contributed by atoms with Gasteiger partial charge in [0.2, 0.25) is 15.9 Å². The van der Waals surface area contributed by atoms with Gasteiger partial charge in [-0.2, -0.15) is 4.31 Å². The molecule has 2 aromatic rings. The second kappa shape index (κ2) is 9.89. The molecule has 0 saturated carbocycles. The molecule has 0 saturated heterocycles. The third-order valence-corrected chi connectivity index (χ3v) is 6.80. The number of amides is 1. The van der Waals surface area contributed by atoms with Crippen molar-refractivity contribution in [1.29, 1.82) is 0 Å². The highest BCUT2D eigenvalue weighted by Crippen LogP contribution is 2.18. The predicted molar refractivity (Wildman–Crippen MR) is 117 cm³/mol. The fourth-order valence-corrected chi connectivity index (χ4v) is 4.04. The Morgan fingerprint density at radius 3 is 2.28 bits per heavy atom. The first-order valence-corrected chi connectivity index (χ1v) is 11.2. The van der Waals surface area contributed by atoms with Gasteiger partial charge in [0, 0.05) is 25.3 Å². The molecular formula is C22H31N3O3S. The van der Waals surface area contributed by atoms with Crippen LogP contribution in [0.15, 0.2) is 53.4 Å². The number of hydrogen-bond acceptors (Lipinski definition) is 4. The number of nitrogens with one attached hydrogen (secondary N) is 2. The van der Waals surface area contributed by atoms with Gasteiger partial charge in [-0.05, 0) is 55.2 Å². The van der Waals surface area contributed by atoms with Gasteiger partial charge in [-0.3, -0.25) is 4.79 Å². The van der Waals surface area contributed by atoms with Crippen LogP contribution < -0.4 is 10.6 Å². The molecule has 0 fully saturated rings. The maximum Gasteiger partial charge on any atom is 0.243 e. The van der Waals surface area contributed by atoms with Crippen molar-refractivity contribution in [2.45, 2.75) is 38.6 Å². The molecule has 0 heterocycles. The van der Waals surface area contributed by atoms with E-state index >= 15 is 0 Å². The summed E-state index contributed by atoms with van der Waals surface area (Å²) in [4.78, 5) is 12.6. The van der Waals surface area contributed by atoms with E-state index in [0.29, 0.717) is 6.54 Å². The molecule has 2 N–H and O–H groups in total. The molecule has 0 aliphatic heterocycles. The van der Waals surface area contributed by atoms with Crippen LogP contribution in [-0.2, 0) is 14.8 Å². The van der Waals surface area contributed by atoms with E-state index < -0.39 is 10.0 Å². The van der Waals surface area contributed by atoms with Gasteiger partial charge in [-0.1, -0.05) is 38.1 Å². The summed E-state index contributed by atoms with van der Waals surface area (Å²) in [6.07, 6.45) is 0. The summed E-state index contributed by atoms with van der Waals surface area (Å²) >= 11 is 0. The molecule has 7 heteroatoms. The maximum absolute atomic E-state index is 12.8. The zero-order valence-corrected chi connectivity index (χ0v) is 18.6. The van der Waals surface area contributed by atoms with Crippen molar-refractivity contribution < 1.29 is 13.2 Å². The van der Waals surface area contributed by atoms with Crippen molar-refractivity contribution in [3.63, 3.8) is 0 Å². The number of anilines is 1. The van der Waals surface area contributed by atoms with Crippen LogP contribution in [0.5, 0.6) is 0 Å². The molecular weight excluding hydrogens is 386 g/mol. The largest absolute Gasteiger partial charge is 0.380 e. The third-order valence-electron chi connectivity index (χ3n) is 5.00. The van der Waals surface area contributed by atoms with Gasteiger partial charge in [0.15, 0.2) is 0 Å². The molecule has 2 rings (SSSR count). The lowest BCUT2D eigenvalue weighted by molar-refractivity contribution is -0.121. The van der Waals surface area contributed by atoms with Crippen molar-refractivity contribution >= 4 is 21.6 Å². The van der Waals surface area contributed by atoms with Gasteiger partial charge < -0.3 is 10.6 Å². The highest BCUT2D eigenvalue weighted by molar-refractivity contribution is 7.89. The van der Waals surface area contributed by atoms with E-state index in [1.54, 1.807) is 18.2 Å². The van der Waals surface area contributed by atoms with E-state index in [1.807, 2.05) is 44.2 Å². The normalized spacial score (nSPS) is 12.8. The van der Waals surface area contributed by atoms with Gasteiger partial charge in [0.05, 0.1) is 11.4 Å². The van der Waals surface area contributed by atoms with Crippen LogP contribution in [0.3, 0.4) is 0 Å². The number of rotatable bonds is 9. The van der Waals surface area contributed by atoms with Crippen LogP contribution in [0.25, 0.3) is 0 Å². The minimum absolute atomic E-state index is 0.0306. The number of carbonyl (C=O) groups is 1. The number of carbonyl (C=O) groups excluding carboxylic acids is 1. The Balaban J connectivity index is 1.96. The minimum atomic E-state index is -3.72. The molecule has 0 aliphatic carbocycles. The monoisotopic (exact) mass is 417 g/mol. The molecule has 0 radical (unpaired) electrons. The number of likely N-dealkylation sites (N-methyl/N-ethyl adjacent to an activating group) is 1.